The van der Waals surface area contributed by atoms with Crippen LogP contribution in [0.25, 0.3) is 5.57 Å². The Morgan fingerprint density at radius 1 is 1.19 bits per heavy atom. The lowest BCUT2D eigenvalue weighted by Gasteiger charge is -2.11. The smallest absolute Gasteiger partial charge is 0.127 e. The molecule has 1 aliphatic heterocycles. The van der Waals surface area contributed by atoms with E-state index in [1.54, 1.807) is 6.07 Å². The van der Waals surface area contributed by atoms with Gasteiger partial charge in [-0.3, -0.25) is 0 Å². The van der Waals surface area contributed by atoms with Gasteiger partial charge in [-0.1, -0.05) is 30.3 Å². The van der Waals surface area contributed by atoms with Gasteiger partial charge in [0.25, 0.3) is 0 Å². The highest BCUT2D eigenvalue weighted by atomic mass is 16.5. The first-order valence-electron chi connectivity index (χ1n) is 7.19. The number of benzene rings is 2. The summed E-state index contributed by atoms with van der Waals surface area (Å²) < 4.78 is 5.91. The van der Waals surface area contributed by atoms with Gasteiger partial charge < -0.3 is 15.2 Å². The fourth-order valence-corrected chi connectivity index (χ4v) is 2.64. The summed E-state index contributed by atoms with van der Waals surface area (Å²) in [5, 5.41) is 13.0. The molecule has 3 rings (SSSR count). The number of hydrogen-bond acceptors (Lipinski definition) is 3. The monoisotopic (exact) mass is 281 g/mol. The van der Waals surface area contributed by atoms with E-state index < -0.39 is 0 Å². The number of phenolic OH excluding ortho intramolecular Hbond substituents is 1. The summed E-state index contributed by atoms with van der Waals surface area (Å²) in [5.41, 5.74) is 4.36. The lowest BCUT2D eigenvalue weighted by Crippen LogP contribution is -2.06. The molecule has 108 valence electrons. The zero-order chi connectivity index (χ0) is 14.7. The number of fused-ring (bicyclic) bond motifs is 2. The molecule has 0 amide bonds. The van der Waals surface area contributed by atoms with E-state index in [0.717, 1.165) is 41.0 Å². The Morgan fingerprint density at radius 2 is 2.05 bits per heavy atom. The van der Waals surface area contributed by atoms with Crippen LogP contribution in [0.3, 0.4) is 0 Å². The average Bonchev–Trinajstić information content (AvgIpc) is 2.65. The third kappa shape index (κ3) is 2.78. The molecular formula is C18H19NO2. The normalized spacial score (nSPS) is 15.0. The number of phenols is 1. The van der Waals surface area contributed by atoms with Crippen LogP contribution in [-0.2, 0) is 6.61 Å². The Hall–Kier alpha value is -2.26. The summed E-state index contributed by atoms with van der Waals surface area (Å²) in [4.78, 5) is 0. The predicted octanol–water partition coefficient (Wildman–Crippen LogP) is 3.33. The van der Waals surface area contributed by atoms with Crippen LogP contribution in [0.15, 0.2) is 48.5 Å². The highest BCUT2D eigenvalue weighted by Crippen LogP contribution is 2.37. The van der Waals surface area contributed by atoms with Crippen molar-refractivity contribution in [2.24, 2.45) is 0 Å². The fraction of sp³-hybridized carbons (Fsp3) is 0.222. The van der Waals surface area contributed by atoms with Crippen molar-refractivity contribution in [2.75, 3.05) is 13.6 Å². The molecule has 1 aliphatic rings. The van der Waals surface area contributed by atoms with Crippen molar-refractivity contribution in [1.29, 1.82) is 0 Å². The highest BCUT2D eigenvalue weighted by molar-refractivity contribution is 5.85. The number of aromatic hydroxyl groups is 1. The van der Waals surface area contributed by atoms with Crippen molar-refractivity contribution < 1.29 is 9.84 Å². The van der Waals surface area contributed by atoms with Crippen LogP contribution in [0.5, 0.6) is 11.5 Å². The first-order chi connectivity index (χ1) is 10.3. The Morgan fingerprint density at radius 3 is 2.90 bits per heavy atom. The molecule has 0 saturated heterocycles. The van der Waals surface area contributed by atoms with Crippen LogP contribution in [0.1, 0.15) is 23.1 Å². The second-order valence-corrected chi connectivity index (χ2v) is 5.14. The molecule has 3 heteroatoms. The van der Waals surface area contributed by atoms with Gasteiger partial charge in [0, 0.05) is 5.56 Å². The number of ether oxygens (including phenoxy) is 1. The molecule has 2 aromatic rings. The lowest BCUT2D eigenvalue weighted by molar-refractivity contribution is 0.307. The van der Waals surface area contributed by atoms with E-state index in [9.17, 15) is 5.11 Å². The third-order valence-electron chi connectivity index (χ3n) is 3.69. The molecule has 0 spiro atoms. The topological polar surface area (TPSA) is 41.5 Å². The van der Waals surface area contributed by atoms with Crippen molar-refractivity contribution in [1.82, 2.24) is 5.32 Å². The van der Waals surface area contributed by atoms with Gasteiger partial charge in [0.15, 0.2) is 0 Å². The lowest BCUT2D eigenvalue weighted by atomic mass is 9.93. The molecule has 1 heterocycles. The maximum absolute atomic E-state index is 9.84. The summed E-state index contributed by atoms with van der Waals surface area (Å²) in [5.74, 6) is 1.18. The number of nitrogens with one attached hydrogen (secondary N) is 1. The minimum atomic E-state index is 0.285. The van der Waals surface area contributed by atoms with Gasteiger partial charge >= 0.3 is 0 Å². The average molecular weight is 281 g/mol. The molecule has 3 nitrogen and oxygen atoms in total. The van der Waals surface area contributed by atoms with Gasteiger partial charge in [-0.05, 0) is 54.9 Å². The molecule has 0 saturated carbocycles. The molecule has 0 unspecified atom stereocenters. The van der Waals surface area contributed by atoms with Crippen molar-refractivity contribution in [3.63, 3.8) is 0 Å². The van der Waals surface area contributed by atoms with Gasteiger partial charge in [-0.25, -0.2) is 0 Å². The van der Waals surface area contributed by atoms with E-state index in [1.807, 2.05) is 37.4 Å². The van der Waals surface area contributed by atoms with Crippen LogP contribution in [0, 0.1) is 0 Å². The van der Waals surface area contributed by atoms with E-state index in [4.69, 9.17) is 4.74 Å². The second kappa shape index (κ2) is 6.02. The second-order valence-electron chi connectivity index (χ2n) is 5.14. The largest absolute Gasteiger partial charge is 0.508 e. The van der Waals surface area contributed by atoms with Crippen molar-refractivity contribution in [2.45, 2.75) is 13.0 Å². The number of para-hydroxylation sites is 1. The Balaban J connectivity index is 2.14. The van der Waals surface area contributed by atoms with Crippen LogP contribution >= 0.6 is 0 Å². The van der Waals surface area contributed by atoms with Crippen LogP contribution in [0.4, 0.5) is 0 Å². The number of rotatable bonds is 3. The Bertz CT molecular complexity index is 677. The van der Waals surface area contributed by atoms with Gasteiger partial charge in [0.1, 0.15) is 18.1 Å². The van der Waals surface area contributed by atoms with E-state index in [0.29, 0.717) is 6.61 Å². The van der Waals surface area contributed by atoms with Crippen molar-refractivity contribution >= 4 is 5.57 Å². The molecule has 2 N–H and O–H groups in total. The summed E-state index contributed by atoms with van der Waals surface area (Å²) in [7, 11) is 1.95. The molecule has 0 radical (unpaired) electrons. The maximum atomic E-state index is 9.84. The molecule has 0 aliphatic carbocycles. The van der Waals surface area contributed by atoms with Crippen molar-refractivity contribution in [3.8, 4) is 11.5 Å². The summed E-state index contributed by atoms with van der Waals surface area (Å²) in [6, 6.07) is 13.5. The van der Waals surface area contributed by atoms with E-state index in [-0.39, 0.29) is 5.75 Å². The van der Waals surface area contributed by atoms with Gasteiger partial charge in [-0.15, -0.1) is 0 Å². The SMILES string of the molecule is CNCC/C=C1/c2cc(O)ccc2COc2ccccc21. The summed E-state index contributed by atoms with van der Waals surface area (Å²) >= 11 is 0. The van der Waals surface area contributed by atoms with Crippen LogP contribution in [0.2, 0.25) is 0 Å². The minimum Gasteiger partial charge on any atom is -0.508 e. The summed E-state index contributed by atoms with van der Waals surface area (Å²) in [6.07, 6.45) is 3.14. The zero-order valence-corrected chi connectivity index (χ0v) is 12.1. The molecule has 0 fully saturated rings. The van der Waals surface area contributed by atoms with Crippen LogP contribution < -0.4 is 10.1 Å². The molecular weight excluding hydrogens is 262 g/mol. The zero-order valence-electron chi connectivity index (χ0n) is 12.1. The van der Waals surface area contributed by atoms with Gasteiger partial charge in [-0.2, -0.15) is 0 Å². The molecule has 0 aromatic heterocycles. The molecule has 21 heavy (non-hydrogen) atoms. The van der Waals surface area contributed by atoms with Gasteiger partial charge in [0.2, 0.25) is 0 Å². The molecule has 0 bridgehead atoms. The highest BCUT2D eigenvalue weighted by Gasteiger charge is 2.18. The fourth-order valence-electron chi connectivity index (χ4n) is 2.64. The first kappa shape index (κ1) is 13.7. The predicted molar refractivity (Wildman–Crippen MR) is 84.5 cm³/mol. The minimum absolute atomic E-state index is 0.285. The Labute approximate surface area is 124 Å². The Kier molecular flexibility index (Phi) is 3.93. The van der Waals surface area contributed by atoms with Crippen molar-refractivity contribution in [3.05, 3.63) is 65.2 Å². The quantitative estimate of drug-likeness (QED) is 0.848. The first-order valence-corrected chi connectivity index (χ1v) is 7.19. The summed E-state index contributed by atoms with van der Waals surface area (Å²) in [6.45, 7) is 1.44. The van der Waals surface area contributed by atoms with Gasteiger partial charge in [0.05, 0.1) is 0 Å². The number of hydrogen-bond donors (Lipinski definition) is 2. The molecule has 2 aromatic carbocycles. The van der Waals surface area contributed by atoms with E-state index >= 15 is 0 Å². The van der Waals surface area contributed by atoms with E-state index in [1.165, 1.54) is 0 Å². The van der Waals surface area contributed by atoms with E-state index in [2.05, 4.69) is 17.5 Å². The standard InChI is InChI=1S/C18H19NO2/c1-19-10-4-6-15-16-5-2-3-7-18(16)21-12-13-8-9-14(20)11-17(13)15/h2-3,5-9,11,19-20H,4,10,12H2,1H3/b15-6+. The van der Waals surface area contributed by atoms with Crippen LogP contribution in [-0.4, -0.2) is 18.7 Å². The molecule has 0 atom stereocenters. The maximum Gasteiger partial charge on any atom is 0.127 e. The third-order valence-corrected chi connectivity index (χ3v) is 3.69.